The minimum Gasteiger partial charge on any atom is -0.446 e. The van der Waals surface area contributed by atoms with Crippen LogP contribution < -0.4 is 0 Å². The van der Waals surface area contributed by atoms with Crippen molar-refractivity contribution in [1.82, 2.24) is 0 Å². The van der Waals surface area contributed by atoms with Crippen LogP contribution in [0.25, 0.3) is 0 Å². The Morgan fingerprint density at radius 3 is 2.52 bits per heavy atom. The number of rotatable bonds is 4. The third-order valence-corrected chi connectivity index (χ3v) is 5.25. The number of cyclic esters (lactones) is 1. The normalized spacial score (nSPS) is 23.0. The summed E-state index contributed by atoms with van der Waals surface area (Å²) in [5, 5.41) is 10.1. The molecule has 0 amide bonds. The summed E-state index contributed by atoms with van der Waals surface area (Å²) in [5.41, 5.74) is 0.0250. The predicted molar refractivity (Wildman–Crippen MR) is 91.0 cm³/mol. The fourth-order valence-corrected chi connectivity index (χ4v) is 2.72. The van der Waals surface area contributed by atoms with Crippen molar-refractivity contribution in [2.45, 2.75) is 38.4 Å². The Hall–Kier alpha value is -1.14. The van der Waals surface area contributed by atoms with E-state index < -0.39 is 11.2 Å². The maximum absolute atomic E-state index is 11.8. The van der Waals surface area contributed by atoms with E-state index in [0.29, 0.717) is 6.42 Å². The molecule has 0 fully saturated rings. The molecule has 3 nitrogen and oxygen atoms in total. The molecule has 0 spiro atoms. The maximum Gasteiger partial charge on any atom is 0.332 e. The van der Waals surface area contributed by atoms with Crippen LogP contribution in [0.3, 0.4) is 0 Å². The predicted octanol–water partition coefficient (Wildman–Crippen LogP) is 3.86. The van der Waals surface area contributed by atoms with E-state index in [-0.39, 0.29) is 5.97 Å². The second kappa shape index (κ2) is 5.93. The van der Waals surface area contributed by atoms with E-state index in [1.54, 1.807) is 13.8 Å². The molecule has 0 aromatic heterocycles. The van der Waals surface area contributed by atoms with Gasteiger partial charge in [-0.05, 0) is 48.9 Å². The number of aliphatic hydroxyl groups is 1. The Bertz CT molecular complexity index is 596. The number of hydrogen-bond acceptors (Lipinski definition) is 3. The van der Waals surface area contributed by atoms with Gasteiger partial charge in [0, 0.05) is 20.8 Å². The first-order chi connectivity index (χ1) is 9.79. The summed E-state index contributed by atoms with van der Waals surface area (Å²) in [5.74, 6) is -0.341. The average molecular weight is 398 g/mol. The van der Waals surface area contributed by atoms with E-state index >= 15 is 0 Å². The molecule has 1 aliphatic rings. The lowest BCUT2D eigenvalue weighted by molar-refractivity contribution is -0.147. The number of carbonyl (C=O) groups excluding carboxylic acids is 1. The first-order valence-electron chi connectivity index (χ1n) is 6.90. The highest BCUT2D eigenvalue weighted by Crippen LogP contribution is 2.43. The van der Waals surface area contributed by atoms with Crippen LogP contribution >= 0.6 is 22.6 Å². The van der Waals surface area contributed by atoms with Crippen molar-refractivity contribution in [2.24, 2.45) is 0 Å². The third-order valence-electron chi connectivity index (χ3n) is 3.62. The molecular formula is C17H19IO3. The number of benzene rings is 1. The van der Waals surface area contributed by atoms with Crippen LogP contribution in [0, 0.1) is 0 Å². The molecule has 1 unspecified atom stereocenters. The lowest BCUT2D eigenvalue weighted by Crippen LogP contribution is -2.28. The van der Waals surface area contributed by atoms with Crippen LogP contribution in [0.15, 0.2) is 51.6 Å². The number of ether oxygens (including phenoxy) is 1. The fourth-order valence-electron chi connectivity index (χ4n) is 2.39. The second-order valence-electron chi connectivity index (χ2n) is 5.62. The fraction of sp³-hybridized carbons (Fsp3) is 0.353. The van der Waals surface area contributed by atoms with Crippen molar-refractivity contribution >= 4 is 28.6 Å². The van der Waals surface area contributed by atoms with E-state index in [0.717, 1.165) is 14.7 Å². The summed E-state index contributed by atoms with van der Waals surface area (Å²) in [7, 11) is 0. The topological polar surface area (TPSA) is 46.5 Å². The third kappa shape index (κ3) is 3.21. The smallest absolute Gasteiger partial charge is 0.332 e. The largest absolute Gasteiger partial charge is 0.446 e. The van der Waals surface area contributed by atoms with Crippen molar-refractivity contribution in [2.75, 3.05) is 0 Å². The van der Waals surface area contributed by atoms with E-state index in [1.807, 2.05) is 43.3 Å². The highest BCUT2D eigenvalue weighted by Gasteiger charge is 2.42. The molecule has 0 bridgehead atoms. The summed E-state index contributed by atoms with van der Waals surface area (Å²) < 4.78 is 6.41. The molecule has 112 valence electrons. The minimum atomic E-state index is -0.941. The van der Waals surface area contributed by atoms with E-state index in [4.69, 9.17) is 4.74 Å². The molecule has 2 rings (SSSR count). The Morgan fingerprint density at radius 2 is 2.00 bits per heavy atom. The first-order valence-corrected chi connectivity index (χ1v) is 7.98. The van der Waals surface area contributed by atoms with E-state index in [9.17, 15) is 9.90 Å². The molecule has 1 aliphatic heterocycles. The zero-order valence-electron chi connectivity index (χ0n) is 12.4. The highest BCUT2D eigenvalue weighted by molar-refractivity contribution is 14.1. The molecule has 4 heteroatoms. The van der Waals surface area contributed by atoms with Crippen LogP contribution in [0.4, 0.5) is 0 Å². The molecule has 1 heterocycles. The maximum atomic E-state index is 11.8. The number of carbonyl (C=O) groups is 1. The molecule has 0 aliphatic carbocycles. The number of hydrogen-bond donors (Lipinski definition) is 1. The lowest BCUT2D eigenvalue weighted by atomic mass is 9.84. The van der Waals surface area contributed by atoms with Crippen LogP contribution in [0.5, 0.6) is 0 Å². The second-order valence-corrected chi connectivity index (χ2v) is 6.78. The van der Waals surface area contributed by atoms with Gasteiger partial charge in [-0.25, -0.2) is 4.79 Å². The Labute approximate surface area is 138 Å². The molecule has 21 heavy (non-hydrogen) atoms. The van der Waals surface area contributed by atoms with Gasteiger partial charge in [0.05, 0.1) is 5.60 Å². The van der Waals surface area contributed by atoms with Gasteiger partial charge in [-0.15, -0.1) is 0 Å². The van der Waals surface area contributed by atoms with Gasteiger partial charge in [-0.2, -0.15) is 0 Å². The van der Waals surface area contributed by atoms with Crippen molar-refractivity contribution in [3.8, 4) is 0 Å². The SMILES string of the molecule is CCC1(c2ccccc2)OC(=O)C=C1/C=C(\I)C(C)(C)O. The van der Waals surface area contributed by atoms with Gasteiger partial charge in [0.2, 0.25) is 0 Å². The van der Waals surface area contributed by atoms with Crippen LogP contribution in [-0.4, -0.2) is 16.7 Å². The highest BCUT2D eigenvalue weighted by atomic mass is 127. The minimum absolute atomic E-state index is 0.341. The average Bonchev–Trinajstić information content (AvgIpc) is 2.76. The Balaban J connectivity index is 2.52. The van der Waals surface area contributed by atoms with Crippen LogP contribution in [0.1, 0.15) is 32.8 Å². The van der Waals surface area contributed by atoms with Gasteiger partial charge in [0.1, 0.15) is 0 Å². The Kier molecular flexibility index (Phi) is 4.58. The molecule has 1 aromatic carbocycles. The zero-order valence-corrected chi connectivity index (χ0v) is 14.5. The molecule has 0 radical (unpaired) electrons. The summed E-state index contributed by atoms with van der Waals surface area (Å²) in [6, 6.07) is 9.72. The zero-order chi connectivity index (χ0) is 15.7. The monoisotopic (exact) mass is 398 g/mol. The first kappa shape index (κ1) is 16.2. The number of esters is 1. The lowest BCUT2D eigenvalue weighted by Gasteiger charge is -2.30. The molecule has 0 saturated heterocycles. The van der Waals surface area contributed by atoms with Gasteiger partial charge < -0.3 is 9.84 Å². The van der Waals surface area contributed by atoms with Crippen molar-refractivity contribution in [1.29, 1.82) is 0 Å². The summed E-state index contributed by atoms with van der Waals surface area (Å²) in [6.07, 6.45) is 4.00. The van der Waals surface area contributed by atoms with Gasteiger partial charge in [0.25, 0.3) is 0 Å². The van der Waals surface area contributed by atoms with Gasteiger partial charge in [-0.3, -0.25) is 0 Å². The summed E-state index contributed by atoms with van der Waals surface area (Å²) >= 11 is 2.10. The van der Waals surface area contributed by atoms with Crippen molar-refractivity contribution in [3.05, 3.63) is 57.2 Å². The van der Waals surface area contributed by atoms with Crippen LogP contribution in [-0.2, 0) is 15.1 Å². The number of halogens is 1. The van der Waals surface area contributed by atoms with Gasteiger partial charge >= 0.3 is 5.97 Å². The molecule has 1 aromatic rings. The van der Waals surface area contributed by atoms with Gasteiger partial charge in [0.15, 0.2) is 5.60 Å². The molecule has 0 saturated carbocycles. The quantitative estimate of drug-likeness (QED) is 0.619. The summed E-state index contributed by atoms with van der Waals surface area (Å²) in [4.78, 5) is 11.8. The molecule has 1 atom stereocenters. The van der Waals surface area contributed by atoms with E-state index in [1.165, 1.54) is 6.08 Å². The van der Waals surface area contributed by atoms with Crippen LogP contribution in [0.2, 0.25) is 0 Å². The Morgan fingerprint density at radius 1 is 1.38 bits per heavy atom. The molecular weight excluding hydrogens is 379 g/mol. The summed E-state index contributed by atoms with van der Waals surface area (Å²) in [6.45, 7) is 5.43. The molecule has 1 N–H and O–H groups in total. The standard InChI is InChI=1S/C17H19IO3/c1-4-17(12-8-6-5-7-9-12)13(11-15(19)21-17)10-14(18)16(2,3)20/h5-11,20H,4H2,1-3H3/b14-10-. The van der Waals surface area contributed by atoms with Crippen molar-refractivity contribution < 1.29 is 14.6 Å². The van der Waals surface area contributed by atoms with E-state index in [2.05, 4.69) is 22.6 Å². The van der Waals surface area contributed by atoms with Crippen molar-refractivity contribution in [3.63, 3.8) is 0 Å². The van der Waals surface area contributed by atoms with Gasteiger partial charge in [-0.1, -0.05) is 37.3 Å².